The molecule has 0 aliphatic rings. The Morgan fingerprint density at radius 1 is 1.25 bits per heavy atom. The molecule has 0 aliphatic heterocycles. The van der Waals surface area contributed by atoms with Gasteiger partial charge in [0.15, 0.2) is 5.13 Å². The van der Waals surface area contributed by atoms with Crippen LogP contribution in [0, 0.1) is 0 Å². The zero-order valence-corrected chi connectivity index (χ0v) is 10.6. The highest BCUT2D eigenvalue weighted by Gasteiger charge is 2.05. The summed E-state index contributed by atoms with van der Waals surface area (Å²) < 4.78 is 0. The molecule has 3 nitrogen and oxygen atoms in total. The third-order valence-electron chi connectivity index (χ3n) is 2.05. The van der Waals surface area contributed by atoms with Crippen LogP contribution in [0.3, 0.4) is 0 Å². The van der Waals surface area contributed by atoms with Gasteiger partial charge in [-0.3, -0.25) is 0 Å². The van der Waals surface area contributed by atoms with Crippen LogP contribution in [0.1, 0.15) is 24.6 Å². The SMILES string of the molecule is CC(C)c1cnc(Nc2ccc(Cl)cn2)s1. The molecule has 0 aromatic carbocycles. The first-order chi connectivity index (χ1) is 7.65. The summed E-state index contributed by atoms with van der Waals surface area (Å²) in [5.41, 5.74) is 0. The molecule has 0 saturated carbocycles. The smallest absolute Gasteiger partial charge is 0.188 e. The Bertz CT molecular complexity index is 464. The van der Waals surface area contributed by atoms with Crippen molar-refractivity contribution in [1.29, 1.82) is 0 Å². The monoisotopic (exact) mass is 253 g/mol. The van der Waals surface area contributed by atoms with Gasteiger partial charge in [-0.15, -0.1) is 11.3 Å². The maximum absolute atomic E-state index is 5.76. The highest BCUT2D eigenvalue weighted by Crippen LogP contribution is 2.27. The predicted molar refractivity (Wildman–Crippen MR) is 68.7 cm³/mol. The van der Waals surface area contributed by atoms with Gasteiger partial charge in [-0.25, -0.2) is 9.97 Å². The van der Waals surface area contributed by atoms with Crippen molar-refractivity contribution in [2.45, 2.75) is 19.8 Å². The number of pyridine rings is 1. The molecule has 84 valence electrons. The van der Waals surface area contributed by atoms with Gasteiger partial charge in [-0.1, -0.05) is 25.4 Å². The summed E-state index contributed by atoms with van der Waals surface area (Å²) in [6.07, 6.45) is 3.51. The van der Waals surface area contributed by atoms with E-state index in [1.165, 1.54) is 4.88 Å². The van der Waals surface area contributed by atoms with Crippen molar-refractivity contribution in [3.05, 3.63) is 34.4 Å². The normalized spacial score (nSPS) is 10.8. The van der Waals surface area contributed by atoms with Crippen LogP contribution in [0.15, 0.2) is 24.5 Å². The molecule has 0 aliphatic carbocycles. The van der Waals surface area contributed by atoms with Crippen LogP contribution in [0.25, 0.3) is 0 Å². The summed E-state index contributed by atoms with van der Waals surface area (Å²) in [6, 6.07) is 3.63. The third-order valence-corrected chi connectivity index (χ3v) is 3.49. The van der Waals surface area contributed by atoms with Gasteiger partial charge >= 0.3 is 0 Å². The summed E-state index contributed by atoms with van der Waals surface area (Å²) in [6.45, 7) is 4.30. The van der Waals surface area contributed by atoms with E-state index >= 15 is 0 Å². The van der Waals surface area contributed by atoms with Crippen molar-refractivity contribution >= 4 is 33.9 Å². The van der Waals surface area contributed by atoms with Gasteiger partial charge in [-0.05, 0) is 18.1 Å². The first-order valence-corrected chi connectivity index (χ1v) is 6.19. The second-order valence-corrected chi connectivity index (χ2v) is 5.21. The van der Waals surface area contributed by atoms with Crippen molar-refractivity contribution in [2.75, 3.05) is 5.32 Å². The highest BCUT2D eigenvalue weighted by atomic mass is 35.5. The summed E-state index contributed by atoms with van der Waals surface area (Å²) in [4.78, 5) is 9.70. The molecule has 0 amide bonds. The van der Waals surface area contributed by atoms with E-state index in [9.17, 15) is 0 Å². The summed E-state index contributed by atoms with van der Waals surface area (Å²) in [7, 11) is 0. The minimum atomic E-state index is 0.506. The number of nitrogens with one attached hydrogen (secondary N) is 1. The zero-order valence-electron chi connectivity index (χ0n) is 9.07. The van der Waals surface area contributed by atoms with Crippen LogP contribution in [0.2, 0.25) is 5.02 Å². The van der Waals surface area contributed by atoms with Crippen LogP contribution in [-0.4, -0.2) is 9.97 Å². The number of anilines is 2. The molecule has 2 rings (SSSR count). The van der Waals surface area contributed by atoms with Gasteiger partial charge < -0.3 is 5.32 Å². The molecule has 0 saturated heterocycles. The first-order valence-electron chi connectivity index (χ1n) is 4.99. The van der Waals surface area contributed by atoms with Crippen LogP contribution in [0.4, 0.5) is 10.9 Å². The third kappa shape index (κ3) is 2.71. The van der Waals surface area contributed by atoms with Gasteiger partial charge in [0.05, 0.1) is 5.02 Å². The van der Waals surface area contributed by atoms with Crippen LogP contribution in [-0.2, 0) is 0 Å². The standard InChI is InChI=1S/C11H12ClN3S/c1-7(2)9-6-14-11(16-9)15-10-4-3-8(12)5-13-10/h3-7H,1-2H3,(H,13,14,15). The fourth-order valence-corrected chi connectivity index (χ4v) is 2.11. The molecule has 2 heterocycles. The lowest BCUT2D eigenvalue weighted by Crippen LogP contribution is -1.91. The molecule has 16 heavy (non-hydrogen) atoms. The minimum Gasteiger partial charge on any atom is -0.316 e. The van der Waals surface area contributed by atoms with Gasteiger partial charge in [0.25, 0.3) is 0 Å². The number of nitrogens with zero attached hydrogens (tertiary/aromatic N) is 2. The van der Waals surface area contributed by atoms with Gasteiger partial charge in [0, 0.05) is 17.3 Å². The van der Waals surface area contributed by atoms with Crippen LogP contribution in [0.5, 0.6) is 0 Å². The Morgan fingerprint density at radius 2 is 2.06 bits per heavy atom. The van der Waals surface area contributed by atoms with Crippen molar-refractivity contribution in [3.8, 4) is 0 Å². The lowest BCUT2D eigenvalue weighted by molar-refractivity contribution is 0.885. The Labute approximate surface area is 104 Å². The summed E-state index contributed by atoms with van der Waals surface area (Å²) in [5, 5.41) is 4.64. The molecular weight excluding hydrogens is 242 g/mol. The molecule has 0 unspecified atom stereocenters. The molecule has 2 aromatic heterocycles. The largest absolute Gasteiger partial charge is 0.316 e. The number of hydrogen-bond donors (Lipinski definition) is 1. The second kappa shape index (κ2) is 4.80. The molecule has 0 radical (unpaired) electrons. The van der Waals surface area contributed by atoms with E-state index < -0.39 is 0 Å². The Balaban J connectivity index is 2.11. The summed E-state index contributed by atoms with van der Waals surface area (Å²) in [5.74, 6) is 1.26. The maximum Gasteiger partial charge on any atom is 0.188 e. The highest BCUT2D eigenvalue weighted by molar-refractivity contribution is 7.15. The quantitative estimate of drug-likeness (QED) is 0.897. The predicted octanol–water partition coefficient (Wildman–Crippen LogP) is 4.06. The van der Waals surface area contributed by atoms with E-state index in [4.69, 9.17) is 11.6 Å². The zero-order chi connectivity index (χ0) is 11.5. The molecule has 0 fully saturated rings. The molecule has 0 bridgehead atoms. The van der Waals surface area contributed by atoms with Crippen LogP contribution < -0.4 is 5.32 Å². The number of aromatic nitrogens is 2. The number of halogens is 1. The second-order valence-electron chi connectivity index (χ2n) is 3.71. The average molecular weight is 254 g/mol. The fraction of sp³-hybridized carbons (Fsp3) is 0.273. The Morgan fingerprint density at radius 3 is 2.62 bits per heavy atom. The van der Waals surface area contributed by atoms with Gasteiger partial charge in [0.2, 0.25) is 0 Å². The number of rotatable bonds is 3. The topological polar surface area (TPSA) is 37.8 Å². The summed E-state index contributed by atoms with van der Waals surface area (Å²) >= 11 is 7.40. The van der Waals surface area contributed by atoms with Crippen LogP contribution >= 0.6 is 22.9 Å². The van der Waals surface area contributed by atoms with Crippen molar-refractivity contribution in [1.82, 2.24) is 9.97 Å². The Hall–Kier alpha value is -1.13. The van der Waals surface area contributed by atoms with E-state index in [0.717, 1.165) is 10.9 Å². The lowest BCUT2D eigenvalue weighted by atomic mass is 10.2. The number of hydrogen-bond acceptors (Lipinski definition) is 4. The van der Waals surface area contributed by atoms with Crippen molar-refractivity contribution < 1.29 is 0 Å². The molecule has 2 aromatic rings. The number of thiazole rings is 1. The maximum atomic E-state index is 5.76. The molecule has 0 spiro atoms. The van der Waals surface area contributed by atoms with Gasteiger partial charge in [0.1, 0.15) is 5.82 Å². The van der Waals surface area contributed by atoms with E-state index in [1.807, 2.05) is 12.3 Å². The Kier molecular flexibility index (Phi) is 3.41. The lowest BCUT2D eigenvalue weighted by Gasteiger charge is -2.00. The molecule has 0 atom stereocenters. The molecule has 5 heteroatoms. The fourth-order valence-electron chi connectivity index (χ4n) is 1.17. The minimum absolute atomic E-state index is 0.506. The van der Waals surface area contributed by atoms with Crippen molar-refractivity contribution in [3.63, 3.8) is 0 Å². The molecule has 1 N–H and O–H groups in total. The average Bonchev–Trinajstić information content (AvgIpc) is 2.70. The molecular formula is C11H12ClN3S. The first kappa shape index (κ1) is 11.4. The van der Waals surface area contributed by atoms with Crippen molar-refractivity contribution in [2.24, 2.45) is 0 Å². The van der Waals surface area contributed by atoms with E-state index in [-0.39, 0.29) is 0 Å². The van der Waals surface area contributed by atoms with E-state index in [2.05, 4.69) is 29.1 Å². The van der Waals surface area contributed by atoms with Gasteiger partial charge in [-0.2, -0.15) is 0 Å². The van der Waals surface area contributed by atoms with E-state index in [1.54, 1.807) is 23.6 Å². The van der Waals surface area contributed by atoms with E-state index in [0.29, 0.717) is 10.9 Å².